The van der Waals surface area contributed by atoms with E-state index in [1.165, 1.54) is 25.0 Å². The summed E-state index contributed by atoms with van der Waals surface area (Å²) < 4.78 is 0. The van der Waals surface area contributed by atoms with Gasteiger partial charge in [0.25, 0.3) is 0 Å². The Labute approximate surface area is 102 Å². The molecule has 0 aromatic carbocycles. The molecule has 0 saturated heterocycles. The van der Waals surface area contributed by atoms with Gasteiger partial charge in [0.1, 0.15) is 0 Å². The van der Waals surface area contributed by atoms with Crippen LogP contribution in [0.2, 0.25) is 0 Å². The van der Waals surface area contributed by atoms with E-state index in [1.807, 2.05) is 25.2 Å². The summed E-state index contributed by atoms with van der Waals surface area (Å²) in [5.74, 6) is 0. The maximum atomic E-state index is 3.37. The molecule has 0 aromatic rings. The Balaban J connectivity index is 4.32. The quantitative estimate of drug-likeness (QED) is 0.439. The Morgan fingerprint density at radius 1 is 1.25 bits per heavy atom. The van der Waals surface area contributed by atoms with Gasteiger partial charge < -0.3 is 0 Å². The minimum atomic E-state index is 1.07. The second-order valence-electron chi connectivity index (χ2n) is 4.02. The zero-order chi connectivity index (χ0) is 12.2. The fraction of sp³-hybridized carbons (Fsp3) is 0.667. The van der Waals surface area contributed by atoms with Gasteiger partial charge in [-0.05, 0) is 44.5 Å². The molecule has 0 fully saturated rings. The van der Waals surface area contributed by atoms with Gasteiger partial charge in [-0.15, -0.1) is 5.73 Å². The largest absolute Gasteiger partial charge is 0.299 e. The summed E-state index contributed by atoms with van der Waals surface area (Å²) in [5.41, 5.74) is 4.77. The Morgan fingerprint density at radius 3 is 2.50 bits per heavy atom. The van der Waals surface area contributed by atoms with Crippen LogP contribution in [0.1, 0.15) is 47.0 Å². The van der Waals surface area contributed by atoms with Gasteiger partial charge in [0.2, 0.25) is 0 Å². The lowest BCUT2D eigenvalue weighted by Gasteiger charge is -2.20. The van der Waals surface area contributed by atoms with Crippen molar-refractivity contribution in [1.82, 2.24) is 4.90 Å². The Kier molecular flexibility index (Phi) is 10.2. The van der Waals surface area contributed by atoms with Crippen LogP contribution in [-0.4, -0.2) is 24.5 Å². The molecule has 0 amide bonds. The van der Waals surface area contributed by atoms with Crippen LogP contribution < -0.4 is 0 Å². The van der Waals surface area contributed by atoms with Gasteiger partial charge in [-0.25, -0.2) is 0 Å². The van der Waals surface area contributed by atoms with Gasteiger partial charge in [0, 0.05) is 6.54 Å². The lowest BCUT2D eigenvalue weighted by molar-refractivity contribution is 0.305. The molecule has 0 N–H and O–H groups in total. The smallest absolute Gasteiger partial charge is 0.0268 e. The van der Waals surface area contributed by atoms with Crippen LogP contribution in [0.3, 0.4) is 0 Å². The highest BCUT2D eigenvalue weighted by molar-refractivity contribution is 5.09. The molecule has 1 heteroatoms. The zero-order valence-electron chi connectivity index (χ0n) is 11.4. The number of hydrogen-bond donors (Lipinski definition) is 0. The summed E-state index contributed by atoms with van der Waals surface area (Å²) in [7, 11) is 0. The van der Waals surface area contributed by atoms with Crippen molar-refractivity contribution in [3.8, 4) is 0 Å². The van der Waals surface area contributed by atoms with Crippen LogP contribution in [-0.2, 0) is 0 Å². The topological polar surface area (TPSA) is 3.24 Å². The predicted molar refractivity (Wildman–Crippen MR) is 73.7 cm³/mol. The van der Waals surface area contributed by atoms with Gasteiger partial charge >= 0.3 is 0 Å². The molecule has 16 heavy (non-hydrogen) atoms. The summed E-state index contributed by atoms with van der Waals surface area (Å²) in [6.45, 7) is 12.1. The molecule has 1 nitrogen and oxygen atoms in total. The van der Waals surface area contributed by atoms with Gasteiger partial charge in [-0.2, -0.15) is 0 Å². The number of likely N-dealkylation sites (N-methyl/N-ethyl adjacent to an activating group) is 1. The van der Waals surface area contributed by atoms with Crippen molar-refractivity contribution in [3.63, 3.8) is 0 Å². The molecule has 0 radical (unpaired) electrons. The lowest BCUT2D eigenvalue weighted by Crippen LogP contribution is -2.26. The lowest BCUT2D eigenvalue weighted by atomic mass is 10.2. The highest BCUT2D eigenvalue weighted by atomic mass is 15.1. The van der Waals surface area contributed by atoms with Crippen molar-refractivity contribution in [2.75, 3.05) is 19.6 Å². The second-order valence-corrected chi connectivity index (χ2v) is 4.02. The van der Waals surface area contributed by atoms with E-state index in [-0.39, 0.29) is 0 Å². The normalized spacial score (nSPS) is 10.8. The van der Waals surface area contributed by atoms with E-state index in [0.29, 0.717) is 0 Å². The first-order valence-electron chi connectivity index (χ1n) is 6.56. The molecule has 0 aliphatic carbocycles. The third-order valence-corrected chi connectivity index (χ3v) is 2.69. The first kappa shape index (κ1) is 15.2. The van der Waals surface area contributed by atoms with Crippen LogP contribution >= 0.6 is 0 Å². The molecule has 0 bridgehead atoms. The Hall–Kier alpha value is -0.780. The monoisotopic (exact) mass is 221 g/mol. The van der Waals surface area contributed by atoms with Crippen LogP contribution in [0.5, 0.6) is 0 Å². The van der Waals surface area contributed by atoms with Crippen molar-refractivity contribution in [2.24, 2.45) is 0 Å². The van der Waals surface area contributed by atoms with Crippen molar-refractivity contribution in [2.45, 2.75) is 47.0 Å². The first-order valence-corrected chi connectivity index (χ1v) is 6.56. The number of allylic oxidation sites excluding steroid dienone is 2. The minimum absolute atomic E-state index is 1.07. The summed E-state index contributed by atoms with van der Waals surface area (Å²) in [5, 5.41) is 0. The van der Waals surface area contributed by atoms with Crippen molar-refractivity contribution in [1.29, 1.82) is 0 Å². The summed E-state index contributed by atoms with van der Waals surface area (Å²) in [6, 6.07) is 0. The molecule has 0 aliphatic heterocycles. The van der Waals surface area contributed by atoms with Crippen molar-refractivity contribution < 1.29 is 0 Å². The van der Waals surface area contributed by atoms with E-state index < -0.39 is 0 Å². The SMILES string of the molecule is C/C=C\C=C=C(CC)CN(CC)CCCC. The van der Waals surface area contributed by atoms with E-state index in [4.69, 9.17) is 0 Å². The fourth-order valence-corrected chi connectivity index (χ4v) is 1.52. The van der Waals surface area contributed by atoms with Crippen LogP contribution in [0.4, 0.5) is 0 Å². The third-order valence-electron chi connectivity index (χ3n) is 2.69. The number of rotatable bonds is 8. The fourth-order valence-electron chi connectivity index (χ4n) is 1.52. The van der Waals surface area contributed by atoms with Gasteiger partial charge in [0.05, 0.1) is 0 Å². The number of hydrogen-bond acceptors (Lipinski definition) is 1. The maximum Gasteiger partial charge on any atom is 0.0268 e. The van der Waals surface area contributed by atoms with Gasteiger partial charge in [0.15, 0.2) is 0 Å². The van der Waals surface area contributed by atoms with Gasteiger partial charge in [-0.1, -0.05) is 39.3 Å². The Bertz CT molecular complexity index is 244. The molecular weight excluding hydrogens is 194 g/mol. The average Bonchev–Trinajstić information content (AvgIpc) is 2.32. The Morgan fingerprint density at radius 2 is 2.00 bits per heavy atom. The molecule has 0 unspecified atom stereocenters. The third kappa shape index (κ3) is 7.50. The summed E-state index contributed by atoms with van der Waals surface area (Å²) >= 11 is 0. The van der Waals surface area contributed by atoms with E-state index in [0.717, 1.165) is 19.5 Å². The molecule has 92 valence electrons. The molecule has 0 saturated carbocycles. The summed E-state index contributed by atoms with van der Waals surface area (Å²) in [4.78, 5) is 2.50. The molecular formula is C15H27N. The van der Waals surface area contributed by atoms with Crippen molar-refractivity contribution in [3.05, 3.63) is 29.5 Å². The van der Waals surface area contributed by atoms with Crippen molar-refractivity contribution >= 4 is 0 Å². The second kappa shape index (κ2) is 10.7. The van der Waals surface area contributed by atoms with E-state index in [2.05, 4.69) is 31.4 Å². The molecule has 0 atom stereocenters. The van der Waals surface area contributed by atoms with E-state index in [1.54, 1.807) is 0 Å². The number of nitrogens with zero attached hydrogens (tertiary/aromatic N) is 1. The van der Waals surface area contributed by atoms with Gasteiger partial charge in [-0.3, -0.25) is 4.90 Å². The molecule has 0 rings (SSSR count). The molecule has 0 aliphatic rings. The molecule has 0 aromatic heterocycles. The highest BCUT2D eigenvalue weighted by Crippen LogP contribution is 2.04. The average molecular weight is 221 g/mol. The maximum absolute atomic E-state index is 3.37. The van der Waals surface area contributed by atoms with E-state index >= 15 is 0 Å². The number of unbranched alkanes of at least 4 members (excludes halogenated alkanes) is 1. The zero-order valence-corrected chi connectivity index (χ0v) is 11.4. The van der Waals surface area contributed by atoms with Crippen LogP contribution in [0.15, 0.2) is 29.5 Å². The standard InChI is InChI=1S/C15H27N/c1-5-9-11-12-15(7-3)14-16(8-4)13-10-6-2/h5,9,11H,6-8,10,13-14H2,1-4H3/b9-5-. The minimum Gasteiger partial charge on any atom is -0.299 e. The first-order chi connectivity index (χ1) is 7.78. The van der Waals surface area contributed by atoms with Crippen LogP contribution in [0, 0.1) is 0 Å². The van der Waals surface area contributed by atoms with E-state index in [9.17, 15) is 0 Å². The highest BCUT2D eigenvalue weighted by Gasteiger charge is 2.03. The molecule has 0 heterocycles. The summed E-state index contributed by atoms with van der Waals surface area (Å²) in [6.07, 6.45) is 9.76. The molecule has 0 spiro atoms. The van der Waals surface area contributed by atoms with Crippen LogP contribution in [0.25, 0.3) is 0 Å². The predicted octanol–water partition coefficient (Wildman–Crippen LogP) is 4.18.